The maximum absolute atomic E-state index is 11.3. The number of nitrogens with zero attached hydrogens (tertiary/aromatic N) is 1. The molecule has 20 heavy (non-hydrogen) atoms. The third kappa shape index (κ3) is 5.25. The summed E-state index contributed by atoms with van der Waals surface area (Å²) in [4.78, 5) is 22.6. The summed E-state index contributed by atoms with van der Waals surface area (Å²) in [6, 6.07) is 4.37. The fourth-order valence-corrected chi connectivity index (χ4v) is 1.37. The van der Waals surface area contributed by atoms with Crippen molar-refractivity contribution in [3.63, 3.8) is 0 Å². The normalized spacial score (nSPS) is 10.5. The van der Waals surface area contributed by atoms with Crippen LogP contribution in [0.15, 0.2) is 23.3 Å². The molecule has 108 valence electrons. The minimum Gasteiger partial charge on any atom is -0.507 e. The SMILES string of the molecule is COCCNC(=O)C(=O)N/N=C\c1cc(Cl)ccc1O. The van der Waals surface area contributed by atoms with E-state index in [9.17, 15) is 14.7 Å². The van der Waals surface area contributed by atoms with Crippen molar-refractivity contribution in [3.8, 4) is 5.75 Å². The molecule has 0 fully saturated rings. The summed E-state index contributed by atoms with van der Waals surface area (Å²) in [6.45, 7) is 0.528. The molecular formula is C12H14ClN3O4. The lowest BCUT2D eigenvalue weighted by molar-refractivity contribution is -0.139. The predicted octanol–water partition coefficient (Wildman–Crippen LogP) is 0.258. The molecule has 0 saturated carbocycles. The highest BCUT2D eigenvalue weighted by atomic mass is 35.5. The van der Waals surface area contributed by atoms with E-state index >= 15 is 0 Å². The molecule has 0 heterocycles. The first-order valence-electron chi connectivity index (χ1n) is 5.63. The summed E-state index contributed by atoms with van der Waals surface area (Å²) in [7, 11) is 1.48. The van der Waals surface area contributed by atoms with E-state index in [-0.39, 0.29) is 12.3 Å². The highest BCUT2D eigenvalue weighted by Crippen LogP contribution is 2.19. The summed E-state index contributed by atoms with van der Waals surface area (Å²) in [5.74, 6) is -1.79. The second kappa shape index (κ2) is 8.13. The molecule has 7 nitrogen and oxygen atoms in total. The van der Waals surface area contributed by atoms with Gasteiger partial charge in [-0.3, -0.25) is 9.59 Å². The predicted molar refractivity (Wildman–Crippen MR) is 73.7 cm³/mol. The van der Waals surface area contributed by atoms with E-state index in [1.165, 1.54) is 31.5 Å². The number of carbonyl (C=O) groups excluding carboxylic acids is 2. The number of phenols is 1. The third-order valence-corrected chi connectivity index (χ3v) is 2.39. The minimum absolute atomic E-state index is 0.0445. The smallest absolute Gasteiger partial charge is 0.329 e. The Hall–Kier alpha value is -2.12. The summed E-state index contributed by atoms with van der Waals surface area (Å²) in [5, 5.41) is 15.8. The molecule has 0 saturated heterocycles. The fraction of sp³-hybridized carbons (Fsp3) is 0.250. The molecule has 0 atom stereocenters. The standard InChI is InChI=1S/C12H14ClN3O4/c1-20-5-4-14-11(18)12(19)16-15-7-8-6-9(13)2-3-10(8)17/h2-3,6-7,17H,4-5H2,1H3,(H,14,18)(H,16,19)/b15-7-. The summed E-state index contributed by atoms with van der Waals surface area (Å²) in [5.41, 5.74) is 2.35. The highest BCUT2D eigenvalue weighted by molar-refractivity contribution is 6.35. The van der Waals surface area contributed by atoms with Crippen LogP contribution in [0, 0.1) is 0 Å². The summed E-state index contributed by atoms with van der Waals surface area (Å²) in [6.07, 6.45) is 1.18. The number of carbonyl (C=O) groups is 2. The molecule has 3 N–H and O–H groups in total. The Labute approximate surface area is 120 Å². The molecule has 1 rings (SSSR count). The van der Waals surface area contributed by atoms with E-state index in [0.29, 0.717) is 17.2 Å². The molecule has 0 aliphatic carbocycles. The number of aromatic hydroxyl groups is 1. The van der Waals surface area contributed by atoms with E-state index in [4.69, 9.17) is 16.3 Å². The number of benzene rings is 1. The molecule has 0 unspecified atom stereocenters. The van der Waals surface area contributed by atoms with E-state index < -0.39 is 11.8 Å². The molecule has 0 bridgehead atoms. The highest BCUT2D eigenvalue weighted by Gasteiger charge is 2.11. The molecular weight excluding hydrogens is 286 g/mol. The van der Waals surface area contributed by atoms with Crippen molar-refractivity contribution in [2.24, 2.45) is 5.10 Å². The van der Waals surface area contributed by atoms with Gasteiger partial charge < -0.3 is 15.2 Å². The minimum atomic E-state index is -0.918. The lowest BCUT2D eigenvalue weighted by Gasteiger charge is -2.02. The van der Waals surface area contributed by atoms with Gasteiger partial charge in [0.1, 0.15) is 5.75 Å². The Morgan fingerprint density at radius 1 is 1.45 bits per heavy atom. The van der Waals surface area contributed by atoms with Gasteiger partial charge in [-0.15, -0.1) is 0 Å². The van der Waals surface area contributed by atoms with Gasteiger partial charge in [-0.25, -0.2) is 5.43 Å². The van der Waals surface area contributed by atoms with Gasteiger partial charge in [0.15, 0.2) is 0 Å². The van der Waals surface area contributed by atoms with Gasteiger partial charge in [0, 0.05) is 24.2 Å². The van der Waals surface area contributed by atoms with E-state index in [0.717, 1.165) is 0 Å². The van der Waals surface area contributed by atoms with E-state index in [1.807, 2.05) is 5.43 Å². The van der Waals surface area contributed by atoms with Gasteiger partial charge in [-0.05, 0) is 18.2 Å². The van der Waals surface area contributed by atoms with Gasteiger partial charge in [-0.2, -0.15) is 5.10 Å². The van der Waals surface area contributed by atoms with Crippen LogP contribution >= 0.6 is 11.6 Å². The molecule has 0 spiro atoms. The lowest BCUT2D eigenvalue weighted by Crippen LogP contribution is -2.39. The number of hydrazone groups is 1. The van der Waals surface area contributed by atoms with Gasteiger partial charge in [-0.1, -0.05) is 11.6 Å². The Morgan fingerprint density at radius 3 is 2.90 bits per heavy atom. The number of methoxy groups -OCH3 is 1. The third-order valence-electron chi connectivity index (χ3n) is 2.16. The monoisotopic (exact) mass is 299 g/mol. The van der Waals surface area contributed by atoms with Gasteiger partial charge in [0.25, 0.3) is 0 Å². The Morgan fingerprint density at radius 2 is 2.20 bits per heavy atom. The maximum atomic E-state index is 11.3. The molecule has 2 amide bonds. The van der Waals surface area contributed by atoms with Crippen molar-refractivity contribution >= 4 is 29.6 Å². The second-order valence-electron chi connectivity index (χ2n) is 3.65. The zero-order chi connectivity index (χ0) is 15.0. The number of rotatable bonds is 5. The van der Waals surface area contributed by atoms with Crippen LogP contribution in [0.4, 0.5) is 0 Å². The largest absolute Gasteiger partial charge is 0.507 e. The first-order chi connectivity index (χ1) is 9.54. The molecule has 0 aliphatic heterocycles. The van der Waals surface area contributed by atoms with Crippen molar-refractivity contribution in [3.05, 3.63) is 28.8 Å². The first-order valence-corrected chi connectivity index (χ1v) is 6.01. The lowest BCUT2D eigenvalue weighted by atomic mass is 10.2. The maximum Gasteiger partial charge on any atom is 0.329 e. The van der Waals surface area contributed by atoms with Crippen LogP contribution in [0.2, 0.25) is 5.02 Å². The number of ether oxygens (including phenoxy) is 1. The van der Waals surface area contributed by atoms with Crippen LogP contribution in [-0.2, 0) is 14.3 Å². The van der Waals surface area contributed by atoms with Gasteiger partial charge >= 0.3 is 11.8 Å². The van der Waals surface area contributed by atoms with Crippen LogP contribution in [0.5, 0.6) is 5.75 Å². The topological polar surface area (TPSA) is 100 Å². The fourth-order valence-electron chi connectivity index (χ4n) is 1.19. The number of hydrogen-bond acceptors (Lipinski definition) is 5. The Bertz CT molecular complexity index is 519. The molecule has 8 heteroatoms. The van der Waals surface area contributed by atoms with Crippen LogP contribution in [0.3, 0.4) is 0 Å². The average Bonchev–Trinajstić information content (AvgIpc) is 2.42. The number of amides is 2. The van der Waals surface area contributed by atoms with E-state index in [1.54, 1.807) is 0 Å². The van der Waals surface area contributed by atoms with Crippen molar-refractivity contribution in [1.29, 1.82) is 0 Å². The quantitative estimate of drug-likeness (QED) is 0.314. The van der Waals surface area contributed by atoms with Crippen molar-refractivity contribution < 1.29 is 19.4 Å². The molecule has 0 aliphatic rings. The van der Waals surface area contributed by atoms with Crippen molar-refractivity contribution in [1.82, 2.24) is 10.7 Å². The van der Waals surface area contributed by atoms with Gasteiger partial charge in [0.05, 0.1) is 12.8 Å². The van der Waals surface area contributed by atoms with Crippen molar-refractivity contribution in [2.45, 2.75) is 0 Å². The zero-order valence-corrected chi connectivity index (χ0v) is 11.5. The van der Waals surface area contributed by atoms with Crippen LogP contribution in [0.1, 0.15) is 5.56 Å². The van der Waals surface area contributed by atoms with Crippen LogP contribution in [-0.4, -0.2) is 43.4 Å². The number of phenolic OH excluding ortho intramolecular Hbond substituents is 1. The first kappa shape index (κ1) is 15.9. The van der Waals surface area contributed by atoms with Crippen LogP contribution < -0.4 is 10.7 Å². The summed E-state index contributed by atoms with van der Waals surface area (Å²) >= 11 is 5.74. The summed E-state index contributed by atoms with van der Waals surface area (Å²) < 4.78 is 4.72. The number of hydrogen-bond donors (Lipinski definition) is 3. The average molecular weight is 300 g/mol. The molecule has 0 aromatic heterocycles. The second-order valence-corrected chi connectivity index (χ2v) is 4.09. The van der Waals surface area contributed by atoms with E-state index in [2.05, 4.69) is 10.4 Å². The van der Waals surface area contributed by atoms with Crippen molar-refractivity contribution in [2.75, 3.05) is 20.3 Å². The molecule has 1 aromatic rings. The molecule has 0 radical (unpaired) electrons. The van der Waals surface area contributed by atoms with Crippen LogP contribution in [0.25, 0.3) is 0 Å². The molecule has 1 aromatic carbocycles. The zero-order valence-electron chi connectivity index (χ0n) is 10.7. The number of halogens is 1. The Kier molecular flexibility index (Phi) is 6.48. The number of nitrogens with one attached hydrogen (secondary N) is 2. The Balaban J connectivity index is 2.49. The van der Waals surface area contributed by atoms with Gasteiger partial charge in [0.2, 0.25) is 0 Å².